The molecule has 1 atom stereocenters. The van der Waals surface area contributed by atoms with Crippen LogP contribution in [0.3, 0.4) is 0 Å². The maximum absolute atomic E-state index is 11.4. The van der Waals surface area contributed by atoms with Crippen molar-refractivity contribution in [3.05, 3.63) is 17.5 Å². The molecule has 1 N–H and O–H groups in total. The van der Waals surface area contributed by atoms with Crippen LogP contribution in [0.25, 0.3) is 0 Å². The lowest BCUT2D eigenvalue weighted by molar-refractivity contribution is -0.143. The van der Waals surface area contributed by atoms with Crippen molar-refractivity contribution >= 4 is 5.97 Å². The van der Waals surface area contributed by atoms with Crippen molar-refractivity contribution in [3.8, 4) is 0 Å². The van der Waals surface area contributed by atoms with Crippen LogP contribution in [0.1, 0.15) is 17.3 Å². The van der Waals surface area contributed by atoms with Gasteiger partial charge in [-0.15, -0.1) is 0 Å². The standard InChI is InChI=1S/C9H15N3O2/c1-6-7(5-11-12(6)3)8(10-2)9(13)14-4/h5,8,10H,1-4H3. The maximum atomic E-state index is 11.4. The highest BCUT2D eigenvalue weighted by Crippen LogP contribution is 2.17. The summed E-state index contributed by atoms with van der Waals surface area (Å²) in [6.45, 7) is 1.91. The number of likely N-dealkylation sites (N-methyl/N-ethyl adjacent to an activating group) is 1. The van der Waals surface area contributed by atoms with Gasteiger partial charge in [0.2, 0.25) is 0 Å². The van der Waals surface area contributed by atoms with Crippen LogP contribution in [-0.2, 0) is 16.6 Å². The van der Waals surface area contributed by atoms with E-state index in [1.807, 2.05) is 14.0 Å². The van der Waals surface area contributed by atoms with E-state index in [1.54, 1.807) is 17.9 Å². The topological polar surface area (TPSA) is 56.1 Å². The largest absolute Gasteiger partial charge is 0.468 e. The molecule has 0 bridgehead atoms. The van der Waals surface area contributed by atoms with Crippen molar-refractivity contribution in [2.24, 2.45) is 7.05 Å². The number of hydrogen-bond donors (Lipinski definition) is 1. The van der Waals surface area contributed by atoms with Gasteiger partial charge in [0.1, 0.15) is 6.04 Å². The predicted octanol–water partition coefficient (Wildman–Crippen LogP) is 0.162. The van der Waals surface area contributed by atoms with E-state index in [0.717, 1.165) is 11.3 Å². The molecule has 0 aromatic carbocycles. The Morgan fingerprint density at radius 3 is 2.71 bits per heavy atom. The number of methoxy groups -OCH3 is 1. The molecule has 1 heterocycles. The third kappa shape index (κ3) is 1.77. The van der Waals surface area contributed by atoms with E-state index in [9.17, 15) is 4.79 Å². The minimum Gasteiger partial charge on any atom is -0.468 e. The minimum absolute atomic E-state index is 0.302. The van der Waals surface area contributed by atoms with Crippen LogP contribution in [0.2, 0.25) is 0 Å². The fraction of sp³-hybridized carbons (Fsp3) is 0.556. The van der Waals surface area contributed by atoms with Gasteiger partial charge in [-0.05, 0) is 14.0 Å². The quantitative estimate of drug-likeness (QED) is 0.701. The Morgan fingerprint density at radius 2 is 2.36 bits per heavy atom. The van der Waals surface area contributed by atoms with Crippen molar-refractivity contribution in [3.63, 3.8) is 0 Å². The Balaban J connectivity index is 3.01. The second-order valence-electron chi connectivity index (χ2n) is 3.05. The molecule has 0 fully saturated rings. The van der Waals surface area contributed by atoms with Crippen molar-refractivity contribution in [1.29, 1.82) is 0 Å². The summed E-state index contributed by atoms with van der Waals surface area (Å²) in [6, 6.07) is -0.436. The Hall–Kier alpha value is -1.36. The number of hydrogen-bond acceptors (Lipinski definition) is 4. The molecule has 5 nitrogen and oxygen atoms in total. The molecule has 0 amide bonds. The van der Waals surface area contributed by atoms with E-state index >= 15 is 0 Å². The lowest BCUT2D eigenvalue weighted by Gasteiger charge is -2.12. The van der Waals surface area contributed by atoms with Gasteiger partial charge in [-0.3, -0.25) is 4.68 Å². The first-order valence-corrected chi connectivity index (χ1v) is 4.35. The molecule has 0 saturated carbocycles. The van der Waals surface area contributed by atoms with Gasteiger partial charge in [-0.25, -0.2) is 4.79 Å². The number of carbonyl (C=O) groups is 1. The van der Waals surface area contributed by atoms with E-state index in [2.05, 4.69) is 15.2 Å². The second kappa shape index (κ2) is 4.23. The van der Waals surface area contributed by atoms with Crippen LogP contribution in [0.15, 0.2) is 6.20 Å². The molecule has 1 aromatic rings. The van der Waals surface area contributed by atoms with Crippen LogP contribution in [0, 0.1) is 6.92 Å². The first kappa shape index (κ1) is 10.7. The number of aromatic nitrogens is 2. The van der Waals surface area contributed by atoms with Crippen molar-refractivity contribution in [1.82, 2.24) is 15.1 Å². The molecule has 5 heteroatoms. The van der Waals surface area contributed by atoms with E-state index < -0.39 is 6.04 Å². The van der Waals surface area contributed by atoms with Gasteiger partial charge in [0.15, 0.2) is 0 Å². The number of nitrogens with zero attached hydrogens (tertiary/aromatic N) is 2. The van der Waals surface area contributed by atoms with Gasteiger partial charge in [0, 0.05) is 18.3 Å². The van der Waals surface area contributed by atoms with E-state index in [-0.39, 0.29) is 5.97 Å². The highest BCUT2D eigenvalue weighted by atomic mass is 16.5. The summed E-state index contributed by atoms with van der Waals surface area (Å²) in [5.74, 6) is -0.302. The molecular weight excluding hydrogens is 182 g/mol. The maximum Gasteiger partial charge on any atom is 0.327 e. The van der Waals surface area contributed by atoms with E-state index in [1.165, 1.54) is 7.11 Å². The number of esters is 1. The Morgan fingerprint density at radius 1 is 1.71 bits per heavy atom. The van der Waals surface area contributed by atoms with Crippen molar-refractivity contribution in [2.45, 2.75) is 13.0 Å². The zero-order valence-corrected chi connectivity index (χ0v) is 8.87. The molecule has 1 aromatic heterocycles. The zero-order valence-electron chi connectivity index (χ0n) is 8.87. The summed E-state index contributed by atoms with van der Waals surface area (Å²) in [4.78, 5) is 11.4. The Labute approximate surface area is 83.1 Å². The Bertz CT molecular complexity index is 333. The van der Waals surface area contributed by atoms with Crippen molar-refractivity contribution < 1.29 is 9.53 Å². The summed E-state index contributed by atoms with van der Waals surface area (Å²) in [5.41, 5.74) is 1.80. The molecule has 0 aliphatic carbocycles. The SMILES string of the molecule is CNC(C(=O)OC)c1cnn(C)c1C. The lowest BCUT2D eigenvalue weighted by atomic mass is 10.1. The number of nitrogens with one attached hydrogen (secondary N) is 1. The summed E-state index contributed by atoms with van der Waals surface area (Å²) < 4.78 is 6.41. The van der Waals surface area contributed by atoms with Crippen LogP contribution in [0.5, 0.6) is 0 Å². The molecule has 0 spiro atoms. The molecule has 0 saturated heterocycles. The minimum atomic E-state index is -0.436. The van der Waals surface area contributed by atoms with Gasteiger partial charge >= 0.3 is 5.97 Å². The highest BCUT2D eigenvalue weighted by molar-refractivity contribution is 5.77. The van der Waals surface area contributed by atoms with E-state index in [0.29, 0.717) is 0 Å². The zero-order chi connectivity index (χ0) is 10.7. The first-order chi connectivity index (χ1) is 6.61. The number of carbonyl (C=O) groups excluding carboxylic acids is 1. The van der Waals surface area contributed by atoms with Gasteiger partial charge in [-0.1, -0.05) is 0 Å². The van der Waals surface area contributed by atoms with Crippen LogP contribution < -0.4 is 5.32 Å². The summed E-state index contributed by atoms with van der Waals surface area (Å²) >= 11 is 0. The highest BCUT2D eigenvalue weighted by Gasteiger charge is 2.22. The van der Waals surface area contributed by atoms with Gasteiger partial charge < -0.3 is 10.1 Å². The monoisotopic (exact) mass is 197 g/mol. The predicted molar refractivity (Wildman–Crippen MR) is 51.8 cm³/mol. The second-order valence-corrected chi connectivity index (χ2v) is 3.05. The molecule has 0 radical (unpaired) electrons. The fourth-order valence-corrected chi connectivity index (χ4v) is 1.32. The summed E-state index contributed by atoms with van der Waals surface area (Å²) in [6.07, 6.45) is 1.67. The van der Waals surface area contributed by atoms with Gasteiger partial charge in [0.05, 0.1) is 13.3 Å². The smallest absolute Gasteiger partial charge is 0.327 e. The molecular formula is C9H15N3O2. The molecule has 78 valence electrons. The average Bonchev–Trinajstić information content (AvgIpc) is 2.50. The molecule has 14 heavy (non-hydrogen) atoms. The fourth-order valence-electron chi connectivity index (χ4n) is 1.32. The first-order valence-electron chi connectivity index (χ1n) is 4.35. The van der Waals surface area contributed by atoms with Gasteiger partial charge in [0.25, 0.3) is 0 Å². The van der Waals surface area contributed by atoms with Crippen LogP contribution in [-0.4, -0.2) is 29.9 Å². The summed E-state index contributed by atoms with van der Waals surface area (Å²) in [5, 5.41) is 6.97. The lowest BCUT2D eigenvalue weighted by Crippen LogP contribution is -2.26. The average molecular weight is 197 g/mol. The third-order valence-electron chi connectivity index (χ3n) is 2.31. The molecule has 1 unspecified atom stereocenters. The third-order valence-corrected chi connectivity index (χ3v) is 2.31. The molecule has 0 aliphatic heterocycles. The summed E-state index contributed by atoms with van der Waals surface area (Å²) in [7, 11) is 4.93. The Kier molecular flexibility index (Phi) is 3.24. The normalized spacial score (nSPS) is 12.6. The van der Waals surface area contributed by atoms with E-state index in [4.69, 9.17) is 0 Å². The van der Waals surface area contributed by atoms with Crippen molar-refractivity contribution in [2.75, 3.05) is 14.2 Å². The van der Waals surface area contributed by atoms with Gasteiger partial charge in [-0.2, -0.15) is 5.10 Å². The molecule has 0 aliphatic rings. The molecule has 1 rings (SSSR count). The number of aryl methyl sites for hydroxylation is 1. The number of rotatable bonds is 3. The number of ether oxygens (including phenoxy) is 1. The van der Waals surface area contributed by atoms with Crippen LogP contribution in [0.4, 0.5) is 0 Å². The van der Waals surface area contributed by atoms with Crippen LogP contribution >= 0.6 is 0 Å².